The monoisotopic (exact) mass is 216 g/mol. The first kappa shape index (κ1) is 10.6. The van der Waals surface area contributed by atoms with Crippen LogP contribution in [0.25, 0.3) is 0 Å². The molecule has 4 nitrogen and oxygen atoms in total. The van der Waals surface area contributed by atoms with Crippen molar-refractivity contribution in [1.29, 1.82) is 0 Å². The first-order chi connectivity index (χ1) is 7.79. The molecule has 4 heteroatoms. The Hall–Kier alpha value is -1.94. The van der Waals surface area contributed by atoms with Crippen LogP contribution in [0, 0.1) is 6.92 Å². The molecule has 0 radical (unpaired) electrons. The average molecular weight is 216 g/mol. The van der Waals surface area contributed by atoms with Gasteiger partial charge >= 0.3 is 0 Å². The largest absolute Gasteiger partial charge is 0.439 e. The summed E-state index contributed by atoms with van der Waals surface area (Å²) in [5.74, 6) is 1.75. The van der Waals surface area contributed by atoms with Crippen molar-refractivity contribution in [2.45, 2.75) is 13.5 Å². The Morgan fingerprint density at radius 1 is 1.25 bits per heavy atom. The first-order valence-electron chi connectivity index (χ1n) is 4.96. The molecule has 0 amide bonds. The van der Waals surface area contributed by atoms with Crippen LogP contribution in [-0.4, -0.2) is 15.1 Å². The zero-order valence-corrected chi connectivity index (χ0v) is 8.92. The lowest BCUT2D eigenvalue weighted by Crippen LogP contribution is -1.95. The van der Waals surface area contributed by atoms with Crippen LogP contribution < -0.4 is 4.74 Å². The van der Waals surface area contributed by atoms with Gasteiger partial charge in [-0.25, -0.2) is 4.98 Å². The van der Waals surface area contributed by atoms with Crippen molar-refractivity contribution in [1.82, 2.24) is 9.97 Å². The van der Waals surface area contributed by atoms with Gasteiger partial charge in [-0.1, -0.05) is 18.2 Å². The highest BCUT2D eigenvalue weighted by molar-refractivity contribution is 5.35. The minimum absolute atomic E-state index is 0.0553. The summed E-state index contributed by atoms with van der Waals surface area (Å²) in [6.45, 7) is 1.74. The van der Waals surface area contributed by atoms with Gasteiger partial charge in [0.05, 0.1) is 6.61 Å². The van der Waals surface area contributed by atoms with Gasteiger partial charge in [0.25, 0.3) is 0 Å². The fourth-order valence-corrected chi connectivity index (χ4v) is 1.34. The summed E-state index contributed by atoms with van der Waals surface area (Å²) in [5.41, 5.74) is 0.735. The molecule has 0 spiro atoms. The second kappa shape index (κ2) is 4.72. The molecule has 0 aliphatic heterocycles. The quantitative estimate of drug-likeness (QED) is 0.853. The van der Waals surface area contributed by atoms with Crippen LogP contribution in [0.2, 0.25) is 0 Å². The van der Waals surface area contributed by atoms with Crippen molar-refractivity contribution in [2.24, 2.45) is 0 Å². The molecule has 1 N–H and O–H groups in total. The van der Waals surface area contributed by atoms with Crippen molar-refractivity contribution in [2.75, 3.05) is 0 Å². The van der Waals surface area contributed by atoms with E-state index >= 15 is 0 Å². The third-order valence-electron chi connectivity index (χ3n) is 2.11. The summed E-state index contributed by atoms with van der Waals surface area (Å²) in [6.07, 6.45) is 1.64. The molecule has 0 bridgehead atoms. The van der Waals surface area contributed by atoms with Crippen LogP contribution in [-0.2, 0) is 6.61 Å². The number of nitrogens with zero attached hydrogens (tertiary/aromatic N) is 2. The molecule has 0 saturated carbocycles. The van der Waals surface area contributed by atoms with E-state index in [0.717, 1.165) is 5.56 Å². The molecule has 1 aromatic carbocycles. The molecule has 0 saturated heterocycles. The third kappa shape index (κ3) is 2.35. The van der Waals surface area contributed by atoms with Gasteiger partial charge in [0.1, 0.15) is 11.6 Å². The van der Waals surface area contributed by atoms with Crippen molar-refractivity contribution >= 4 is 0 Å². The number of aliphatic hydroxyl groups is 1. The van der Waals surface area contributed by atoms with Crippen LogP contribution in [0.3, 0.4) is 0 Å². The molecule has 0 unspecified atom stereocenters. The molecule has 0 atom stereocenters. The molecule has 0 aliphatic rings. The smallest absolute Gasteiger partial charge is 0.222 e. The lowest BCUT2D eigenvalue weighted by molar-refractivity contribution is 0.276. The Kier molecular flexibility index (Phi) is 3.12. The maximum Gasteiger partial charge on any atom is 0.222 e. The van der Waals surface area contributed by atoms with E-state index in [4.69, 9.17) is 9.84 Å². The Bertz CT molecular complexity index is 486. The molecule has 0 aliphatic carbocycles. The highest BCUT2D eigenvalue weighted by Crippen LogP contribution is 2.23. The maximum absolute atomic E-state index is 9.14. The van der Waals surface area contributed by atoms with Gasteiger partial charge in [-0.15, -0.1) is 0 Å². The molecule has 16 heavy (non-hydrogen) atoms. The summed E-state index contributed by atoms with van der Waals surface area (Å²) in [4.78, 5) is 8.11. The highest BCUT2D eigenvalue weighted by Gasteiger charge is 2.04. The van der Waals surface area contributed by atoms with E-state index in [1.165, 1.54) is 0 Å². The highest BCUT2D eigenvalue weighted by atomic mass is 16.5. The Balaban J connectivity index is 2.26. The number of rotatable bonds is 3. The van der Waals surface area contributed by atoms with Crippen LogP contribution >= 0.6 is 0 Å². The van der Waals surface area contributed by atoms with Crippen LogP contribution in [0.1, 0.15) is 11.4 Å². The fraction of sp³-hybridized carbons (Fsp3) is 0.167. The topological polar surface area (TPSA) is 55.2 Å². The number of aryl methyl sites for hydroxylation is 1. The van der Waals surface area contributed by atoms with Crippen LogP contribution in [0.4, 0.5) is 0 Å². The summed E-state index contributed by atoms with van der Waals surface area (Å²) in [7, 11) is 0. The van der Waals surface area contributed by atoms with E-state index < -0.39 is 0 Å². The molecular formula is C12H12N2O2. The molecule has 2 aromatic rings. The molecular weight excluding hydrogens is 204 g/mol. The Morgan fingerprint density at radius 2 is 2.06 bits per heavy atom. The first-order valence-corrected chi connectivity index (χ1v) is 4.96. The molecule has 1 heterocycles. The summed E-state index contributed by atoms with van der Waals surface area (Å²) in [6, 6.07) is 8.99. The molecule has 2 rings (SSSR count). The second-order valence-electron chi connectivity index (χ2n) is 3.31. The lowest BCUT2D eigenvalue weighted by atomic mass is 10.2. The van der Waals surface area contributed by atoms with E-state index in [-0.39, 0.29) is 6.61 Å². The van der Waals surface area contributed by atoms with Gasteiger partial charge in [-0.3, -0.25) is 0 Å². The van der Waals surface area contributed by atoms with Crippen LogP contribution in [0.15, 0.2) is 36.5 Å². The number of aromatic nitrogens is 2. The zero-order chi connectivity index (χ0) is 11.4. The lowest BCUT2D eigenvalue weighted by Gasteiger charge is -2.08. The standard InChI is InChI=1S/C12H12N2O2/c1-9-13-7-6-12(14-9)16-11-5-3-2-4-10(11)8-15/h2-7,15H,8H2,1H3. The number of hydrogen-bond donors (Lipinski definition) is 1. The maximum atomic E-state index is 9.14. The van der Waals surface area contributed by atoms with Crippen molar-refractivity contribution < 1.29 is 9.84 Å². The third-order valence-corrected chi connectivity index (χ3v) is 2.11. The Labute approximate surface area is 93.6 Å². The number of para-hydroxylation sites is 1. The van der Waals surface area contributed by atoms with E-state index in [1.807, 2.05) is 18.2 Å². The second-order valence-corrected chi connectivity index (χ2v) is 3.31. The minimum atomic E-state index is -0.0553. The van der Waals surface area contributed by atoms with Gasteiger partial charge in [0, 0.05) is 17.8 Å². The van der Waals surface area contributed by atoms with Crippen molar-refractivity contribution in [3.05, 3.63) is 47.9 Å². The SMILES string of the molecule is Cc1nccc(Oc2ccccc2CO)n1. The summed E-state index contributed by atoms with van der Waals surface area (Å²) >= 11 is 0. The molecule has 1 aromatic heterocycles. The van der Waals surface area contributed by atoms with Crippen LogP contribution in [0.5, 0.6) is 11.6 Å². The van der Waals surface area contributed by atoms with E-state index in [0.29, 0.717) is 17.5 Å². The number of aliphatic hydroxyl groups excluding tert-OH is 1. The number of ether oxygens (including phenoxy) is 1. The van der Waals surface area contributed by atoms with Crippen molar-refractivity contribution in [3.8, 4) is 11.6 Å². The minimum Gasteiger partial charge on any atom is -0.439 e. The average Bonchev–Trinajstić information content (AvgIpc) is 2.30. The number of hydrogen-bond acceptors (Lipinski definition) is 4. The van der Waals surface area contributed by atoms with Gasteiger partial charge in [-0.05, 0) is 13.0 Å². The molecule has 82 valence electrons. The van der Waals surface area contributed by atoms with E-state index in [9.17, 15) is 0 Å². The van der Waals surface area contributed by atoms with Gasteiger partial charge in [0.2, 0.25) is 5.88 Å². The van der Waals surface area contributed by atoms with Gasteiger partial charge in [0.15, 0.2) is 0 Å². The summed E-state index contributed by atoms with van der Waals surface area (Å²) < 4.78 is 5.57. The van der Waals surface area contributed by atoms with E-state index in [1.54, 1.807) is 25.3 Å². The fourth-order valence-electron chi connectivity index (χ4n) is 1.34. The van der Waals surface area contributed by atoms with E-state index in [2.05, 4.69) is 9.97 Å². The van der Waals surface area contributed by atoms with Crippen molar-refractivity contribution in [3.63, 3.8) is 0 Å². The predicted octanol–water partition coefficient (Wildman–Crippen LogP) is 2.07. The normalized spacial score (nSPS) is 10.1. The van der Waals surface area contributed by atoms with Gasteiger partial charge in [-0.2, -0.15) is 4.98 Å². The molecule has 0 fully saturated rings. The zero-order valence-electron chi connectivity index (χ0n) is 8.92. The Morgan fingerprint density at radius 3 is 2.81 bits per heavy atom. The summed E-state index contributed by atoms with van der Waals surface area (Å²) in [5, 5.41) is 9.14. The van der Waals surface area contributed by atoms with Gasteiger partial charge < -0.3 is 9.84 Å². The predicted molar refractivity (Wildman–Crippen MR) is 59.2 cm³/mol. The number of benzene rings is 1.